The number of nitrogens with two attached hydrogens (primary N) is 1. The van der Waals surface area contributed by atoms with Gasteiger partial charge in [0.15, 0.2) is 0 Å². The number of carbonyl (C=O) groups is 3. The normalized spacial score (nSPS) is 11.7. The molecule has 0 aromatic carbocycles. The minimum absolute atomic E-state index is 0.0774. The molecular weight excluding hydrogens is 488 g/mol. The van der Waals surface area contributed by atoms with Crippen molar-refractivity contribution in [3.05, 3.63) is 18.2 Å². The van der Waals surface area contributed by atoms with Gasteiger partial charge in [-0.25, -0.2) is 4.98 Å². The van der Waals surface area contributed by atoms with E-state index in [0.29, 0.717) is 52.4 Å². The summed E-state index contributed by atoms with van der Waals surface area (Å²) in [7, 11) is 0. The molecule has 0 aliphatic rings. The van der Waals surface area contributed by atoms with Crippen LogP contribution in [0, 0.1) is 0 Å². The van der Waals surface area contributed by atoms with Crippen LogP contribution in [-0.2, 0) is 30.3 Å². The van der Waals surface area contributed by atoms with Crippen LogP contribution >= 0.6 is 0 Å². The van der Waals surface area contributed by atoms with E-state index in [0.717, 1.165) is 18.5 Å². The van der Waals surface area contributed by atoms with Gasteiger partial charge in [0.05, 0.1) is 32.8 Å². The number of imidazole rings is 1. The average molecular weight is 539 g/mol. The Balaban J connectivity index is 1.98. The van der Waals surface area contributed by atoms with Crippen LogP contribution < -0.4 is 21.7 Å². The van der Waals surface area contributed by atoms with Crippen molar-refractivity contribution in [3.8, 4) is 0 Å². The summed E-state index contributed by atoms with van der Waals surface area (Å²) >= 11 is 0. The van der Waals surface area contributed by atoms with Crippen molar-refractivity contribution in [1.82, 2.24) is 25.9 Å². The molecule has 3 amide bonds. The average Bonchev–Trinajstić information content (AvgIpc) is 3.41. The lowest BCUT2D eigenvalue weighted by molar-refractivity contribution is -0.129. The standard InChI is InChI=1S/C27H50N6O5/c1-2-3-4-5-6-7-8-9-10-11-25(34)30-14-16-37-18-19-38-17-15-31-27(36)24(33-26(35)12-13-28)20-23-21-29-22-32-23/h21-22,24H,2-20,28H2,1H3,(H,29,32)(H,30,34)(H,31,36)(H,33,35)/t24-/m0/s1. The number of unbranched alkanes of at least 4 members (excludes halogenated alkanes) is 8. The van der Waals surface area contributed by atoms with Crippen molar-refractivity contribution in [3.63, 3.8) is 0 Å². The number of hydrogen-bond acceptors (Lipinski definition) is 7. The number of aromatic amines is 1. The monoisotopic (exact) mass is 538 g/mol. The molecule has 0 aliphatic carbocycles. The highest BCUT2D eigenvalue weighted by Crippen LogP contribution is 2.10. The summed E-state index contributed by atoms with van der Waals surface area (Å²) in [4.78, 5) is 43.2. The van der Waals surface area contributed by atoms with Crippen molar-refractivity contribution < 1.29 is 23.9 Å². The maximum atomic E-state index is 12.5. The van der Waals surface area contributed by atoms with E-state index in [2.05, 4.69) is 32.8 Å². The maximum Gasteiger partial charge on any atom is 0.243 e. The Morgan fingerprint density at radius 2 is 1.50 bits per heavy atom. The first kappa shape index (κ1) is 33.5. The van der Waals surface area contributed by atoms with Crippen LogP contribution in [0.1, 0.15) is 83.2 Å². The summed E-state index contributed by atoms with van der Waals surface area (Å²) in [5, 5.41) is 8.36. The van der Waals surface area contributed by atoms with Crippen molar-refractivity contribution >= 4 is 17.7 Å². The minimum Gasteiger partial charge on any atom is -0.377 e. The van der Waals surface area contributed by atoms with Crippen LogP contribution in [0.5, 0.6) is 0 Å². The zero-order chi connectivity index (χ0) is 27.7. The van der Waals surface area contributed by atoms with Crippen LogP contribution in [-0.4, -0.2) is 79.8 Å². The molecule has 6 N–H and O–H groups in total. The Labute approximate surface area is 227 Å². The summed E-state index contributed by atoms with van der Waals surface area (Å²) in [6.45, 7) is 4.77. The van der Waals surface area contributed by atoms with E-state index in [4.69, 9.17) is 15.2 Å². The Bertz CT molecular complexity index is 732. The second-order valence-electron chi connectivity index (χ2n) is 9.38. The molecule has 1 aromatic heterocycles. The number of carbonyl (C=O) groups excluding carboxylic acids is 3. The number of nitrogens with zero attached hydrogens (tertiary/aromatic N) is 1. The van der Waals surface area contributed by atoms with Crippen LogP contribution in [0.25, 0.3) is 0 Å². The van der Waals surface area contributed by atoms with Gasteiger partial charge in [-0.1, -0.05) is 58.3 Å². The molecule has 0 bridgehead atoms. The van der Waals surface area contributed by atoms with Crippen molar-refractivity contribution in [2.24, 2.45) is 5.73 Å². The van der Waals surface area contributed by atoms with Gasteiger partial charge in [-0.15, -0.1) is 0 Å². The number of aromatic nitrogens is 2. The highest BCUT2D eigenvalue weighted by molar-refractivity contribution is 5.87. The summed E-state index contributed by atoms with van der Waals surface area (Å²) < 4.78 is 11.0. The molecule has 38 heavy (non-hydrogen) atoms. The van der Waals surface area contributed by atoms with Crippen molar-refractivity contribution in [2.45, 2.75) is 90.0 Å². The lowest BCUT2D eigenvalue weighted by Crippen LogP contribution is -2.49. The summed E-state index contributed by atoms with van der Waals surface area (Å²) in [6.07, 6.45) is 15.3. The SMILES string of the molecule is CCCCCCCCCCCC(=O)NCCOCCOCCNC(=O)[C@H](Cc1cnc[nH]1)NC(=O)CCN. The molecule has 1 heterocycles. The predicted octanol–water partition coefficient (Wildman–Crippen LogP) is 1.97. The Morgan fingerprint density at radius 1 is 0.868 bits per heavy atom. The first-order chi connectivity index (χ1) is 18.6. The third kappa shape index (κ3) is 18.7. The van der Waals surface area contributed by atoms with Gasteiger partial charge in [0.2, 0.25) is 17.7 Å². The zero-order valence-electron chi connectivity index (χ0n) is 23.2. The van der Waals surface area contributed by atoms with Gasteiger partial charge in [-0.05, 0) is 6.42 Å². The molecule has 218 valence electrons. The van der Waals surface area contributed by atoms with Gasteiger partial charge in [0, 0.05) is 50.8 Å². The third-order valence-electron chi connectivity index (χ3n) is 6.00. The molecule has 1 rings (SSSR count). The highest BCUT2D eigenvalue weighted by atomic mass is 16.5. The van der Waals surface area contributed by atoms with E-state index >= 15 is 0 Å². The fourth-order valence-corrected chi connectivity index (χ4v) is 3.86. The maximum absolute atomic E-state index is 12.5. The predicted molar refractivity (Wildman–Crippen MR) is 147 cm³/mol. The zero-order valence-corrected chi connectivity index (χ0v) is 23.2. The second-order valence-corrected chi connectivity index (χ2v) is 9.38. The second kappa shape index (κ2) is 23.6. The lowest BCUT2D eigenvalue weighted by atomic mass is 10.1. The number of ether oxygens (including phenoxy) is 2. The largest absolute Gasteiger partial charge is 0.377 e. The lowest BCUT2D eigenvalue weighted by Gasteiger charge is -2.18. The van der Waals surface area contributed by atoms with E-state index in [1.807, 2.05) is 0 Å². The van der Waals surface area contributed by atoms with Crippen LogP contribution in [0.15, 0.2) is 12.5 Å². The molecule has 0 saturated carbocycles. The smallest absolute Gasteiger partial charge is 0.243 e. The third-order valence-corrected chi connectivity index (χ3v) is 6.00. The molecule has 0 fully saturated rings. The first-order valence-corrected chi connectivity index (χ1v) is 14.2. The number of rotatable bonds is 25. The Morgan fingerprint density at radius 3 is 2.11 bits per heavy atom. The van der Waals surface area contributed by atoms with E-state index < -0.39 is 6.04 Å². The highest BCUT2D eigenvalue weighted by Gasteiger charge is 2.21. The van der Waals surface area contributed by atoms with Crippen LogP contribution in [0.3, 0.4) is 0 Å². The Hall–Kier alpha value is -2.50. The number of hydrogen-bond donors (Lipinski definition) is 5. The molecule has 0 spiro atoms. The van der Waals surface area contributed by atoms with Gasteiger partial charge >= 0.3 is 0 Å². The van der Waals surface area contributed by atoms with Crippen molar-refractivity contribution in [2.75, 3.05) is 46.1 Å². The molecular formula is C27H50N6O5. The van der Waals surface area contributed by atoms with Gasteiger partial charge in [0.1, 0.15) is 6.04 Å². The number of H-pyrrole nitrogens is 1. The Kier molecular flexibility index (Phi) is 20.8. The fourth-order valence-electron chi connectivity index (χ4n) is 3.86. The van der Waals surface area contributed by atoms with E-state index in [1.165, 1.54) is 51.3 Å². The first-order valence-electron chi connectivity index (χ1n) is 14.2. The van der Waals surface area contributed by atoms with Gasteiger partial charge in [0.25, 0.3) is 0 Å². The molecule has 0 unspecified atom stereocenters. The van der Waals surface area contributed by atoms with Gasteiger partial charge in [-0.3, -0.25) is 14.4 Å². The molecule has 0 saturated heterocycles. The number of nitrogens with one attached hydrogen (secondary N) is 4. The van der Waals surface area contributed by atoms with Gasteiger partial charge in [-0.2, -0.15) is 0 Å². The topological polar surface area (TPSA) is 160 Å². The van der Waals surface area contributed by atoms with Gasteiger partial charge < -0.3 is 36.1 Å². The molecule has 0 radical (unpaired) electrons. The molecule has 1 atom stereocenters. The molecule has 0 aliphatic heterocycles. The molecule has 1 aromatic rings. The van der Waals surface area contributed by atoms with E-state index in [9.17, 15) is 14.4 Å². The fraction of sp³-hybridized carbons (Fsp3) is 0.778. The van der Waals surface area contributed by atoms with E-state index in [1.54, 1.807) is 6.20 Å². The minimum atomic E-state index is -0.728. The van der Waals surface area contributed by atoms with Crippen LogP contribution in [0.2, 0.25) is 0 Å². The summed E-state index contributed by atoms with van der Waals surface area (Å²) in [5.74, 6) is -0.503. The van der Waals surface area contributed by atoms with Crippen molar-refractivity contribution in [1.29, 1.82) is 0 Å². The number of amides is 3. The quantitative estimate of drug-likeness (QED) is 0.119. The molecule has 11 heteroatoms. The van der Waals surface area contributed by atoms with E-state index in [-0.39, 0.29) is 30.7 Å². The molecule has 11 nitrogen and oxygen atoms in total. The summed E-state index contributed by atoms with van der Waals surface area (Å²) in [6, 6.07) is -0.728. The summed E-state index contributed by atoms with van der Waals surface area (Å²) in [5.41, 5.74) is 6.16. The van der Waals surface area contributed by atoms with Crippen LogP contribution in [0.4, 0.5) is 0 Å².